The Morgan fingerprint density at radius 1 is 1.25 bits per heavy atom. The maximum atomic E-state index is 12.8. The van der Waals surface area contributed by atoms with E-state index in [1.165, 1.54) is 0 Å². The van der Waals surface area contributed by atoms with Crippen LogP contribution >= 0.6 is 0 Å². The zero-order valence-corrected chi connectivity index (χ0v) is 13.9. The molecule has 6 nitrogen and oxygen atoms in total. The van der Waals surface area contributed by atoms with Gasteiger partial charge in [0, 0.05) is 24.5 Å². The standard InChI is InChI=1S/C18H18N4O2/c1-11-20-17(24-21-11)12-10-22(15-6-4-5-7-19-15)13-8-18(2,3)9-14(23)16(12)13/h4-7,10H,8-9H2,1-3H3. The molecule has 122 valence electrons. The van der Waals surface area contributed by atoms with E-state index in [2.05, 4.69) is 29.0 Å². The minimum atomic E-state index is -0.0863. The molecule has 0 atom stereocenters. The van der Waals surface area contributed by atoms with Crippen LogP contribution in [0.5, 0.6) is 0 Å². The minimum Gasteiger partial charge on any atom is -0.334 e. The first-order valence-electron chi connectivity index (χ1n) is 7.94. The third kappa shape index (κ3) is 2.35. The van der Waals surface area contributed by atoms with Crippen LogP contribution < -0.4 is 0 Å². The van der Waals surface area contributed by atoms with E-state index >= 15 is 0 Å². The van der Waals surface area contributed by atoms with Gasteiger partial charge in [-0.15, -0.1) is 0 Å². The van der Waals surface area contributed by atoms with Gasteiger partial charge in [-0.2, -0.15) is 4.98 Å². The molecule has 6 heteroatoms. The van der Waals surface area contributed by atoms with Crippen LogP contribution in [-0.2, 0) is 6.42 Å². The van der Waals surface area contributed by atoms with Crippen molar-refractivity contribution in [2.45, 2.75) is 33.6 Å². The van der Waals surface area contributed by atoms with Crippen LogP contribution in [0.2, 0.25) is 0 Å². The third-order valence-electron chi connectivity index (χ3n) is 4.32. The number of ketones is 1. The number of aromatic nitrogens is 4. The lowest BCUT2D eigenvalue weighted by atomic mass is 9.75. The molecule has 0 spiro atoms. The van der Waals surface area contributed by atoms with Crippen LogP contribution in [0.25, 0.3) is 17.3 Å². The second-order valence-corrected chi connectivity index (χ2v) is 7.01. The lowest BCUT2D eigenvalue weighted by Crippen LogP contribution is -2.28. The second-order valence-electron chi connectivity index (χ2n) is 7.01. The molecule has 0 bridgehead atoms. The van der Waals surface area contributed by atoms with Crippen molar-refractivity contribution >= 4 is 5.78 Å². The Morgan fingerprint density at radius 2 is 2.08 bits per heavy atom. The van der Waals surface area contributed by atoms with E-state index in [9.17, 15) is 4.79 Å². The summed E-state index contributed by atoms with van der Waals surface area (Å²) >= 11 is 0. The molecule has 0 radical (unpaired) electrons. The molecule has 3 aromatic rings. The highest BCUT2D eigenvalue weighted by Gasteiger charge is 2.37. The van der Waals surface area contributed by atoms with Crippen molar-refractivity contribution in [3.8, 4) is 17.3 Å². The van der Waals surface area contributed by atoms with Gasteiger partial charge in [-0.05, 0) is 30.9 Å². The largest absolute Gasteiger partial charge is 0.334 e. The Kier molecular flexibility index (Phi) is 3.16. The Balaban J connectivity index is 1.97. The number of rotatable bonds is 2. The Morgan fingerprint density at radius 3 is 2.75 bits per heavy atom. The molecule has 1 aliphatic carbocycles. The SMILES string of the molecule is Cc1noc(-c2cn(-c3ccccn3)c3c2C(=O)CC(C)(C)C3)n1. The Hall–Kier alpha value is -2.76. The highest BCUT2D eigenvalue weighted by Crippen LogP contribution is 2.40. The van der Waals surface area contributed by atoms with Crippen molar-refractivity contribution in [1.29, 1.82) is 0 Å². The topological polar surface area (TPSA) is 73.8 Å². The summed E-state index contributed by atoms with van der Waals surface area (Å²) in [6.45, 7) is 5.99. The maximum Gasteiger partial charge on any atom is 0.260 e. The minimum absolute atomic E-state index is 0.0863. The van der Waals surface area contributed by atoms with Gasteiger partial charge in [0.1, 0.15) is 5.82 Å². The predicted molar refractivity (Wildman–Crippen MR) is 88.0 cm³/mol. The first-order chi connectivity index (χ1) is 11.4. The zero-order valence-electron chi connectivity index (χ0n) is 13.9. The van der Waals surface area contributed by atoms with E-state index in [0.29, 0.717) is 29.3 Å². The van der Waals surface area contributed by atoms with Crippen molar-refractivity contribution in [1.82, 2.24) is 19.7 Å². The summed E-state index contributed by atoms with van der Waals surface area (Å²) in [4.78, 5) is 21.6. The number of aryl methyl sites for hydroxylation is 1. The molecule has 0 unspecified atom stereocenters. The van der Waals surface area contributed by atoms with Crippen molar-refractivity contribution in [2.75, 3.05) is 0 Å². The summed E-state index contributed by atoms with van der Waals surface area (Å²) in [5.74, 6) is 1.82. The number of hydrogen-bond donors (Lipinski definition) is 0. The van der Waals surface area contributed by atoms with Gasteiger partial charge in [0.15, 0.2) is 11.6 Å². The summed E-state index contributed by atoms with van der Waals surface area (Å²) in [5.41, 5.74) is 2.25. The van der Waals surface area contributed by atoms with Crippen molar-refractivity contribution < 1.29 is 9.32 Å². The normalized spacial score (nSPS) is 16.2. The average molecular weight is 322 g/mol. The van der Waals surface area contributed by atoms with Gasteiger partial charge >= 0.3 is 0 Å². The second kappa shape index (κ2) is 5.12. The fraction of sp³-hybridized carbons (Fsp3) is 0.333. The first kappa shape index (κ1) is 14.8. The van der Waals surface area contributed by atoms with Crippen LogP contribution in [0.1, 0.15) is 42.1 Å². The van der Waals surface area contributed by atoms with Gasteiger partial charge in [-0.25, -0.2) is 4.98 Å². The molecule has 4 rings (SSSR count). The van der Waals surface area contributed by atoms with Crippen LogP contribution in [0.4, 0.5) is 0 Å². The van der Waals surface area contributed by atoms with E-state index in [1.54, 1.807) is 13.1 Å². The molecule has 0 aromatic carbocycles. The van der Waals surface area contributed by atoms with Gasteiger partial charge in [-0.3, -0.25) is 4.79 Å². The number of pyridine rings is 1. The van der Waals surface area contributed by atoms with Gasteiger partial charge in [0.2, 0.25) is 0 Å². The van der Waals surface area contributed by atoms with Crippen LogP contribution in [0.3, 0.4) is 0 Å². The molecular formula is C18H18N4O2. The molecule has 0 fully saturated rings. The smallest absolute Gasteiger partial charge is 0.260 e. The molecule has 0 saturated carbocycles. The lowest BCUT2D eigenvalue weighted by molar-refractivity contribution is 0.0911. The molecule has 0 amide bonds. The van der Waals surface area contributed by atoms with E-state index < -0.39 is 0 Å². The average Bonchev–Trinajstić information content (AvgIpc) is 3.11. The number of carbonyl (C=O) groups excluding carboxylic acids is 1. The Labute approximate surface area is 139 Å². The van der Waals surface area contributed by atoms with E-state index in [-0.39, 0.29) is 11.2 Å². The maximum absolute atomic E-state index is 12.8. The van der Waals surface area contributed by atoms with Crippen LogP contribution in [0.15, 0.2) is 35.1 Å². The summed E-state index contributed by atoms with van der Waals surface area (Å²) in [6, 6.07) is 5.73. The predicted octanol–water partition coefficient (Wildman–Crippen LogP) is 3.39. The summed E-state index contributed by atoms with van der Waals surface area (Å²) in [6.07, 6.45) is 4.93. The molecule has 0 N–H and O–H groups in total. The van der Waals surface area contributed by atoms with Crippen molar-refractivity contribution in [2.24, 2.45) is 5.41 Å². The number of fused-ring (bicyclic) bond motifs is 1. The molecule has 24 heavy (non-hydrogen) atoms. The summed E-state index contributed by atoms with van der Waals surface area (Å²) in [5, 5.41) is 3.86. The van der Waals surface area contributed by atoms with Gasteiger partial charge in [-0.1, -0.05) is 25.1 Å². The Bertz CT molecular complexity index is 922. The first-order valence-corrected chi connectivity index (χ1v) is 7.94. The van der Waals surface area contributed by atoms with Gasteiger partial charge < -0.3 is 9.09 Å². The summed E-state index contributed by atoms with van der Waals surface area (Å²) < 4.78 is 7.29. The lowest BCUT2D eigenvalue weighted by Gasteiger charge is -2.29. The highest BCUT2D eigenvalue weighted by atomic mass is 16.5. The monoisotopic (exact) mass is 322 g/mol. The molecule has 3 heterocycles. The molecule has 0 saturated heterocycles. The van der Waals surface area contributed by atoms with Crippen molar-refractivity contribution in [3.05, 3.63) is 47.7 Å². The number of carbonyl (C=O) groups is 1. The van der Waals surface area contributed by atoms with Crippen molar-refractivity contribution in [3.63, 3.8) is 0 Å². The third-order valence-corrected chi connectivity index (χ3v) is 4.32. The molecular weight excluding hydrogens is 304 g/mol. The number of Topliss-reactive ketones (excluding diaryl/α,β-unsaturated/α-hetero) is 1. The van der Waals surface area contributed by atoms with E-state index in [4.69, 9.17) is 4.52 Å². The quantitative estimate of drug-likeness (QED) is 0.723. The fourth-order valence-electron chi connectivity index (χ4n) is 3.34. The highest BCUT2D eigenvalue weighted by molar-refractivity contribution is 6.04. The fourth-order valence-corrected chi connectivity index (χ4v) is 3.34. The molecule has 0 aliphatic heterocycles. The van der Waals surface area contributed by atoms with Crippen LogP contribution in [0, 0.1) is 12.3 Å². The van der Waals surface area contributed by atoms with Crippen LogP contribution in [-0.4, -0.2) is 25.5 Å². The van der Waals surface area contributed by atoms with E-state index in [0.717, 1.165) is 17.9 Å². The van der Waals surface area contributed by atoms with Gasteiger partial charge in [0.25, 0.3) is 5.89 Å². The van der Waals surface area contributed by atoms with E-state index in [1.807, 2.05) is 29.0 Å². The molecule has 3 aromatic heterocycles. The molecule has 1 aliphatic rings. The number of nitrogens with zero attached hydrogens (tertiary/aromatic N) is 4. The van der Waals surface area contributed by atoms with Gasteiger partial charge in [0.05, 0.1) is 11.1 Å². The number of hydrogen-bond acceptors (Lipinski definition) is 5. The summed E-state index contributed by atoms with van der Waals surface area (Å²) in [7, 11) is 0. The zero-order chi connectivity index (χ0) is 16.9.